The maximum Gasteiger partial charge on any atom is 0.323 e. The zero-order valence-corrected chi connectivity index (χ0v) is 19.3. The molecular formula is C24H25FN6O4. The molecule has 3 amide bonds. The van der Waals surface area contributed by atoms with Gasteiger partial charge in [-0.05, 0) is 49.4 Å². The van der Waals surface area contributed by atoms with Gasteiger partial charge in [-0.1, -0.05) is 6.92 Å². The van der Waals surface area contributed by atoms with Crippen molar-refractivity contribution in [3.8, 4) is 11.5 Å². The number of likely N-dealkylation sites (tertiary alicyclic amines) is 1. The lowest BCUT2D eigenvalue weighted by atomic mass is 10.00. The van der Waals surface area contributed by atoms with Crippen LogP contribution in [0.15, 0.2) is 47.4 Å². The molecule has 0 atom stereocenters. The number of aromatic nitrogens is 3. The number of anilines is 2. The molecule has 3 aromatic rings. The molecule has 1 aliphatic rings. The normalized spacial score (nSPS) is 13.9. The Kier molecular flexibility index (Phi) is 7.04. The fraction of sp³-hybridized carbons (Fsp3) is 0.292. The van der Waals surface area contributed by atoms with E-state index in [9.17, 15) is 18.8 Å². The molecule has 35 heavy (non-hydrogen) atoms. The van der Waals surface area contributed by atoms with E-state index < -0.39 is 17.3 Å². The number of H-pyrrole nitrogens is 1. The molecule has 1 fully saturated rings. The average molecular weight is 481 g/mol. The molecule has 4 rings (SSSR count). The van der Waals surface area contributed by atoms with Gasteiger partial charge in [0.1, 0.15) is 11.6 Å². The summed E-state index contributed by atoms with van der Waals surface area (Å²) in [5, 5.41) is 11.2. The van der Waals surface area contributed by atoms with Crippen LogP contribution in [0.5, 0.6) is 11.5 Å². The van der Waals surface area contributed by atoms with Crippen molar-refractivity contribution in [3.05, 3.63) is 70.0 Å². The number of hydrogen-bond donors (Lipinski definition) is 3. The van der Waals surface area contributed by atoms with Crippen LogP contribution in [0.2, 0.25) is 0 Å². The van der Waals surface area contributed by atoms with Crippen LogP contribution in [0, 0.1) is 18.7 Å². The standard InChI is InChI=1S/C24H25FN6O4/c1-14-6-9-31(10-7-14)24(34)28-20-13-17(5-8-26-20)35-19-4-3-16(12-18(19)25)27-23(33)22-15(2)11-21(32)29-30-22/h3-5,8,11-14H,6-7,9-10H2,1-2H3,(H,27,33)(H,29,32)(H,26,28,34). The molecule has 0 aliphatic carbocycles. The first-order valence-electron chi connectivity index (χ1n) is 11.2. The molecule has 2 aromatic heterocycles. The van der Waals surface area contributed by atoms with Crippen LogP contribution in [-0.4, -0.2) is 45.1 Å². The maximum atomic E-state index is 14.7. The number of rotatable bonds is 5. The van der Waals surface area contributed by atoms with Crippen molar-refractivity contribution in [1.29, 1.82) is 0 Å². The number of benzene rings is 1. The van der Waals surface area contributed by atoms with Crippen LogP contribution >= 0.6 is 0 Å². The Hall–Kier alpha value is -4.28. The minimum atomic E-state index is -0.709. The third-order valence-electron chi connectivity index (χ3n) is 5.67. The number of ether oxygens (including phenoxy) is 1. The highest BCUT2D eigenvalue weighted by atomic mass is 19.1. The molecule has 0 unspecified atom stereocenters. The number of aryl methyl sites for hydroxylation is 1. The zero-order valence-electron chi connectivity index (χ0n) is 19.3. The quantitative estimate of drug-likeness (QED) is 0.508. The second-order valence-electron chi connectivity index (χ2n) is 8.44. The maximum absolute atomic E-state index is 14.7. The Balaban J connectivity index is 1.40. The van der Waals surface area contributed by atoms with Crippen molar-refractivity contribution in [2.45, 2.75) is 26.7 Å². The van der Waals surface area contributed by atoms with E-state index in [-0.39, 0.29) is 28.9 Å². The van der Waals surface area contributed by atoms with Gasteiger partial charge in [-0.3, -0.25) is 14.9 Å². The Morgan fingerprint density at radius 2 is 1.91 bits per heavy atom. The number of amides is 3. The number of nitrogens with zero attached hydrogens (tertiary/aromatic N) is 3. The van der Waals surface area contributed by atoms with E-state index in [1.54, 1.807) is 11.8 Å². The summed E-state index contributed by atoms with van der Waals surface area (Å²) >= 11 is 0. The molecule has 11 heteroatoms. The third kappa shape index (κ3) is 5.99. The SMILES string of the molecule is Cc1cc(=O)[nH]nc1C(=O)Nc1ccc(Oc2ccnc(NC(=O)N3CCC(C)CC3)c2)c(F)c1. The van der Waals surface area contributed by atoms with Crippen LogP contribution in [0.1, 0.15) is 35.8 Å². The van der Waals surface area contributed by atoms with Crippen molar-refractivity contribution in [2.24, 2.45) is 5.92 Å². The van der Waals surface area contributed by atoms with Gasteiger partial charge in [0.15, 0.2) is 17.3 Å². The number of piperidine rings is 1. The van der Waals surface area contributed by atoms with Crippen molar-refractivity contribution < 1.29 is 18.7 Å². The lowest BCUT2D eigenvalue weighted by Crippen LogP contribution is -2.40. The highest BCUT2D eigenvalue weighted by Crippen LogP contribution is 2.28. The van der Waals surface area contributed by atoms with E-state index in [1.807, 2.05) is 0 Å². The second-order valence-corrected chi connectivity index (χ2v) is 8.44. The van der Waals surface area contributed by atoms with Crippen LogP contribution in [0.25, 0.3) is 0 Å². The van der Waals surface area contributed by atoms with Crippen LogP contribution in [0.3, 0.4) is 0 Å². The van der Waals surface area contributed by atoms with Gasteiger partial charge in [-0.15, -0.1) is 0 Å². The fourth-order valence-corrected chi connectivity index (χ4v) is 3.65. The van der Waals surface area contributed by atoms with Crippen LogP contribution < -0.4 is 20.9 Å². The van der Waals surface area contributed by atoms with E-state index in [2.05, 4.69) is 32.7 Å². The highest BCUT2D eigenvalue weighted by Gasteiger charge is 2.21. The van der Waals surface area contributed by atoms with Crippen molar-refractivity contribution in [1.82, 2.24) is 20.1 Å². The highest BCUT2D eigenvalue weighted by molar-refractivity contribution is 6.03. The summed E-state index contributed by atoms with van der Waals surface area (Å²) in [6, 6.07) is 8.00. The van der Waals surface area contributed by atoms with E-state index in [4.69, 9.17) is 4.74 Å². The first-order chi connectivity index (χ1) is 16.8. The summed E-state index contributed by atoms with van der Waals surface area (Å²) in [7, 11) is 0. The van der Waals surface area contributed by atoms with Gasteiger partial charge in [-0.2, -0.15) is 5.10 Å². The van der Waals surface area contributed by atoms with Gasteiger partial charge >= 0.3 is 6.03 Å². The minimum absolute atomic E-state index is 0.0239. The smallest absolute Gasteiger partial charge is 0.323 e. The van der Waals surface area contributed by atoms with Crippen molar-refractivity contribution in [2.75, 3.05) is 23.7 Å². The molecule has 0 saturated carbocycles. The van der Waals surface area contributed by atoms with Crippen molar-refractivity contribution in [3.63, 3.8) is 0 Å². The summed E-state index contributed by atoms with van der Waals surface area (Å²) in [5.41, 5.74) is 0.176. The summed E-state index contributed by atoms with van der Waals surface area (Å²) in [6.07, 6.45) is 3.37. The molecule has 0 spiro atoms. The number of halogens is 1. The molecule has 0 radical (unpaired) electrons. The average Bonchev–Trinajstić information content (AvgIpc) is 2.81. The van der Waals surface area contributed by atoms with Gasteiger partial charge in [0.2, 0.25) is 0 Å². The molecule has 0 bridgehead atoms. The van der Waals surface area contributed by atoms with Crippen LogP contribution in [0.4, 0.5) is 20.7 Å². The number of carbonyl (C=O) groups is 2. The zero-order chi connectivity index (χ0) is 24.9. The third-order valence-corrected chi connectivity index (χ3v) is 5.67. The number of urea groups is 1. The van der Waals surface area contributed by atoms with E-state index >= 15 is 0 Å². The molecular weight excluding hydrogens is 455 g/mol. The van der Waals surface area contributed by atoms with Gasteiger partial charge < -0.3 is 15.0 Å². The van der Waals surface area contributed by atoms with Gasteiger partial charge in [0, 0.05) is 43.2 Å². The monoisotopic (exact) mass is 480 g/mol. The van der Waals surface area contributed by atoms with E-state index in [1.165, 1.54) is 36.5 Å². The Bertz CT molecular complexity index is 1300. The Labute approximate surface area is 200 Å². The Morgan fingerprint density at radius 3 is 2.63 bits per heavy atom. The molecule has 3 N–H and O–H groups in total. The molecule has 1 saturated heterocycles. The van der Waals surface area contributed by atoms with Gasteiger partial charge in [0.25, 0.3) is 11.5 Å². The summed E-state index contributed by atoms with van der Waals surface area (Å²) in [5.74, 6) is -0.197. The largest absolute Gasteiger partial charge is 0.454 e. The number of pyridine rings is 1. The molecule has 1 aromatic carbocycles. The molecule has 10 nitrogen and oxygen atoms in total. The first-order valence-corrected chi connectivity index (χ1v) is 11.2. The van der Waals surface area contributed by atoms with E-state index in [0.29, 0.717) is 30.4 Å². The lowest BCUT2D eigenvalue weighted by molar-refractivity contribution is 0.102. The summed E-state index contributed by atoms with van der Waals surface area (Å²) < 4.78 is 20.3. The molecule has 3 heterocycles. The van der Waals surface area contributed by atoms with E-state index in [0.717, 1.165) is 18.9 Å². The molecule has 182 valence electrons. The van der Waals surface area contributed by atoms with Gasteiger partial charge in [0.05, 0.1) is 0 Å². The fourth-order valence-electron chi connectivity index (χ4n) is 3.65. The second kappa shape index (κ2) is 10.3. The lowest BCUT2D eigenvalue weighted by Gasteiger charge is -2.30. The predicted octanol–water partition coefficient (Wildman–Crippen LogP) is 3.92. The number of aromatic amines is 1. The van der Waals surface area contributed by atoms with Crippen LogP contribution in [-0.2, 0) is 0 Å². The summed E-state index contributed by atoms with van der Waals surface area (Å²) in [4.78, 5) is 42.0. The predicted molar refractivity (Wildman–Crippen MR) is 127 cm³/mol. The number of nitrogens with one attached hydrogen (secondary N) is 3. The molecule has 1 aliphatic heterocycles. The van der Waals surface area contributed by atoms with Gasteiger partial charge in [-0.25, -0.2) is 19.3 Å². The number of hydrogen-bond acceptors (Lipinski definition) is 6. The topological polar surface area (TPSA) is 129 Å². The first kappa shape index (κ1) is 23.9. The van der Waals surface area contributed by atoms with Crippen molar-refractivity contribution >= 4 is 23.4 Å². The minimum Gasteiger partial charge on any atom is -0.454 e. The summed E-state index contributed by atoms with van der Waals surface area (Å²) in [6.45, 7) is 5.12. The number of carbonyl (C=O) groups excluding carboxylic acids is 2. The Morgan fingerprint density at radius 1 is 1.14 bits per heavy atom.